The summed E-state index contributed by atoms with van der Waals surface area (Å²) in [6.45, 7) is 5.49. The molecule has 2 aromatic rings. The molecule has 0 bridgehead atoms. The van der Waals surface area contributed by atoms with E-state index in [9.17, 15) is 9.59 Å². The van der Waals surface area contributed by atoms with Gasteiger partial charge in [0.1, 0.15) is 11.5 Å². The SMILES string of the molecule is Cc1ccc(CN(C)C(=O)CN2CCN(C(=O)c3cccs3)CC2)o1. The summed E-state index contributed by atoms with van der Waals surface area (Å²) in [6, 6.07) is 7.54. The molecule has 0 aliphatic carbocycles. The van der Waals surface area contributed by atoms with Gasteiger partial charge in [0.25, 0.3) is 5.91 Å². The summed E-state index contributed by atoms with van der Waals surface area (Å²) in [5.74, 6) is 1.79. The third kappa shape index (κ3) is 4.49. The molecule has 1 saturated heterocycles. The highest BCUT2D eigenvalue weighted by molar-refractivity contribution is 7.12. The highest BCUT2D eigenvalue weighted by atomic mass is 32.1. The zero-order valence-electron chi connectivity index (χ0n) is 14.6. The fraction of sp³-hybridized carbons (Fsp3) is 0.444. The van der Waals surface area contributed by atoms with Crippen LogP contribution in [0.4, 0.5) is 0 Å². The van der Waals surface area contributed by atoms with Crippen molar-refractivity contribution < 1.29 is 14.0 Å². The Labute approximate surface area is 151 Å². The maximum absolute atomic E-state index is 12.4. The van der Waals surface area contributed by atoms with Crippen molar-refractivity contribution in [3.05, 3.63) is 46.0 Å². The molecule has 0 spiro atoms. The van der Waals surface area contributed by atoms with Gasteiger partial charge in [0.2, 0.25) is 5.91 Å². The molecule has 0 aromatic carbocycles. The second kappa shape index (κ2) is 7.84. The Morgan fingerprint density at radius 3 is 2.56 bits per heavy atom. The van der Waals surface area contributed by atoms with Gasteiger partial charge < -0.3 is 14.2 Å². The molecule has 0 N–H and O–H groups in total. The van der Waals surface area contributed by atoms with Gasteiger partial charge in [-0.05, 0) is 30.5 Å². The lowest BCUT2D eigenvalue weighted by Crippen LogP contribution is -2.51. The van der Waals surface area contributed by atoms with Crippen LogP contribution in [0.25, 0.3) is 0 Å². The standard InChI is InChI=1S/C18H23N3O3S/c1-14-5-6-15(24-14)12-19(2)17(22)13-20-7-9-21(10-8-20)18(23)16-4-3-11-25-16/h3-6,11H,7-10,12-13H2,1-2H3. The Morgan fingerprint density at radius 1 is 1.20 bits per heavy atom. The van der Waals surface area contributed by atoms with Gasteiger partial charge in [0.05, 0.1) is 18.0 Å². The van der Waals surface area contributed by atoms with E-state index in [0.29, 0.717) is 26.2 Å². The first-order chi connectivity index (χ1) is 12.0. The molecule has 1 aliphatic heterocycles. The minimum atomic E-state index is 0.0621. The topological polar surface area (TPSA) is 57.0 Å². The van der Waals surface area contributed by atoms with E-state index in [2.05, 4.69) is 4.90 Å². The van der Waals surface area contributed by atoms with Gasteiger partial charge in [0.15, 0.2) is 0 Å². The van der Waals surface area contributed by atoms with Crippen LogP contribution in [0.1, 0.15) is 21.2 Å². The number of rotatable bonds is 5. The minimum Gasteiger partial charge on any atom is -0.464 e. The van der Waals surface area contributed by atoms with Crippen LogP contribution < -0.4 is 0 Å². The molecular weight excluding hydrogens is 338 g/mol. The van der Waals surface area contributed by atoms with Crippen LogP contribution in [0.2, 0.25) is 0 Å². The van der Waals surface area contributed by atoms with E-state index in [0.717, 1.165) is 29.5 Å². The number of hydrogen-bond acceptors (Lipinski definition) is 5. The molecule has 0 unspecified atom stereocenters. The van der Waals surface area contributed by atoms with Crippen molar-refractivity contribution in [2.45, 2.75) is 13.5 Å². The first-order valence-electron chi connectivity index (χ1n) is 8.37. The zero-order chi connectivity index (χ0) is 17.8. The van der Waals surface area contributed by atoms with E-state index in [-0.39, 0.29) is 11.8 Å². The molecule has 1 aliphatic rings. The summed E-state index contributed by atoms with van der Waals surface area (Å²) in [6.07, 6.45) is 0. The van der Waals surface area contributed by atoms with Gasteiger partial charge in [-0.15, -0.1) is 11.3 Å². The van der Waals surface area contributed by atoms with Crippen molar-refractivity contribution in [1.29, 1.82) is 0 Å². The summed E-state index contributed by atoms with van der Waals surface area (Å²) in [4.78, 5) is 31.1. The van der Waals surface area contributed by atoms with Gasteiger partial charge in [-0.1, -0.05) is 6.07 Å². The summed E-state index contributed by atoms with van der Waals surface area (Å²) < 4.78 is 5.52. The molecule has 0 saturated carbocycles. The predicted octanol–water partition coefficient (Wildman–Crippen LogP) is 2.07. The van der Waals surface area contributed by atoms with Crippen molar-refractivity contribution in [2.75, 3.05) is 39.8 Å². The minimum absolute atomic E-state index is 0.0621. The quantitative estimate of drug-likeness (QED) is 0.818. The Balaban J connectivity index is 1.45. The van der Waals surface area contributed by atoms with Crippen molar-refractivity contribution in [1.82, 2.24) is 14.7 Å². The van der Waals surface area contributed by atoms with E-state index < -0.39 is 0 Å². The Morgan fingerprint density at radius 2 is 1.96 bits per heavy atom. The second-order valence-electron chi connectivity index (χ2n) is 6.31. The number of amides is 2. The number of thiophene rings is 1. The summed E-state index contributed by atoms with van der Waals surface area (Å²) in [5.41, 5.74) is 0. The van der Waals surface area contributed by atoms with Crippen molar-refractivity contribution in [3.63, 3.8) is 0 Å². The first kappa shape index (κ1) is 17.7. The molecule has 2 aromatic heterocycles. The average Bonchev–Trinajstić information content (AvgIpc) is 3.27. The van der Waals surface area contributed by atoms with Gasteiger partial charge in [-0.25, -0.2) is 0 Å². The Hall–Kier alpha value is -2.12. The number of carbonyl (C=O) groups is 2. The van der Waals surface area contributed by atoms with Crippen molar-refractivity contribution >= 4 is 23.2 Å². The Kier molecular flexibility index (Phi) is 5.55. The van der Waals surface area contributed by atoms with Crippen LogP contribution in [-0.2, 0) is 11.3 Å². The molecule has 3 rings (SSSR count). The number of piperazine rings is 1. The van der Waals surface area contributed by atoms with E-state index in [1.165, 1.54) is 11.3 Å². The zero-order valence-corrected chi connectivity index (χ0v) is 15.4. The average molecular weight is 361 g/mol. The third-order valence-electron chi connectivity index (χ3n) is 4.37. The van der Waals surface area contributed by atoms with Crippen molar-refractivity contribution in [3.8, 4) is 0 Å². The Bertz CT molecular complexity index is 718. The van der Waals surface area contributed by atoms with Crippen molar-refractivity contribution in [2.24, 2.45) is 0 Å². The van der Waals surface area contributed by atoms with E-state index in [1.807, 2.05) is 41.5 Å². The fourth-order valence-electron chi connectivity index (χ4n) is 2.87. The van der Waals surface area contributed by atoms with Crippen LogP contribution >= 0.6 is 11.3 Å². The maximum atomic E-state index is 12.4. The molecule has 134 valence electrons. The summed E-state index contributed by atoms with van der Waals surface area (Å²) >= 11 is 1.47. The smallest absolute Gasteiger partial charge is 0.264 e. The maximum Gasteiger partial charge on any atom is 0.264 e. The lowest BCUT2D eigenvalue weighted by atomic mass is 10.3. The highest BCUT2D eigenvalue weighted by Crippen LogP contribution is 2.14. The largest absolute Gasteiger partial charge is 0.464 e. The molecular formula is C18H23N3O3S. The van der Waals surface area contributed by atoms with Crippen LogP contribution in [0.3, 0.4) is 0 Å². The van der Waals surface area contributed by atoms with E-state index >= 15 is 0 Å². The number of likely N-dealkylation sites (N-methyl/N-ethyl adjacent to an activating group) is 1. The fourth-order valence-corrected chi connectivity index (χ4v) is 3.56. The molecule has 2 amide bonds. The number of hydrogen-bond donors (Lipinski definition) is 0. The van der Waals surface area contributed by atoms with Crippen LogP contribution in [0.15, 0.2) is 34.1 Å². The van der Waals surface area contributed by atoms with Crippen LogP contribution in [0, 0.1) is 6.92 Å². The first-order valence-corrected chi connectivity index (χ1v) is 9.25. The molecule has 6 nitrogen and oxygen atoms in total. The second-order valence-corrected chi connectivity index (χ2v) is 7.26. The monoisotopic (exact) mass is 361 g/mol. The van der Waals surface area contributed by atoms with Crippen LogP contribution in [-0.4, -0.2) is 66.3 Å². The molecule has 0 radical (unpaired) electrons. The van der Waals surface area contributed by atoms with Gasteiger partial charge >= 0.3 is 0 Å². The van der Waals surface area contributed by atoms with Crippen LogP contribution in [0.5, 0.6) is 0 Å². The third-order valence-corrected chi connectivity index (χ3v) is 5.22. The number of nitrogens with zero attached hydrogens (tertiary/aromatic N) is 3. The normalized spacial score (nSPS) is 15.4. The predicted molar refractivity (Wildman–Crippen MR) is 96.6 cm³/mol. The molecule has 3 heterocycles. The number of aryl methyl sites for hydroxylation is 1. The summed E-state index contributed by atoms with van der Waals surface area (Å²) in [7, 11) is 1.79. The number of furan rings is 1. The molecule has 25 heavy (non-hydrogen) atoms. The lowest BCUT2D eigenvalue weighted by Gasteiger charge is -2.34. The highest BCUT2D eigenvalue weighted by Gasteiger charge is 2.24. The molecule has 0 atom stereocenters. The lowest BCUT2D eigenvalue weighted by molar-refractivity contribution is -0.132. The van der Waals surface area contributed by atoms with E-state index in [1.54, 1.807) is 11.9 Å². The molecule has 1 fully saturated rings. The van der Waals surface area contributed by atoms with E-state index in [4.69, 9.17) is 4.42 Å². The summed E-state index contributed by atoms with van der Waals surface area (Å²) in [5, 5.41) is 1.92. The van der Waals surface area contributed by atoms with Gasteiger partial charge in [-0.2, -0.15) is 0 Å². The molecule has 7 heteroatoms. The van der Waals surface area contributed by atoms with Gasteiger partial charge in [-0.3, -0.25) is 14.5 Å². The van der Waals surface area contributed by atoms with Gasteiger partial charge in [0, 0.05) is 33.2 Å². The number of carbonyl (C=O) groups excluding carboxylic acids is 2.